The summed E-state index contributed by atoms with van der Waals surface area (Å²) in [7, 11) is 0. The molecule has 0 atom stereocenters. The first kappa shape index (κ1) is 15.2. The Bertz CT molecular complexity index is 721. The second kappa shape index (κ2) is 7.55. The average Bonchev–Trinajstić information content (AvgIpc) is 2.53. The molecule has 0 aliphatic carbocycles. The van der Waals surface area contributed by atoms with Crippen molar-refractivity contribution in [3.8, 4) is 6.07 Å². The summed E-state index contributed by atoms with van der Waals surface area (Å²) in [5.41, 5.74) is 1.62. The van der Waals surface area contributed by atoms with E-state index in [2.05, 4.69) is 10.5 Å². The molecule has 0 fully saturated rings. The zero-order valence-corrected chi connectivity index (χ0v) is 11.5. The van der Waals surface area contributed by atoms with Crippen molar-refractivity contribution in [1.29, 1.82) is 5.26 Å². The minimum atomic E-state index is -0.397. The van der Waals surface area contributed by atoms with Crippen LogP contribution in [0, 0.1) is 17.1 Å². The minimum absolute atomic E-state index is 0.269. The van der Waals surface area contributed by atoms with Gasteiger partial charge in [0.1, 0.15) is 5.82 Å². The summed E-state index contributed by atoms with van der Waals surface area (Å²) in [4.78, 5) is 16.5. The Kier molecular flexibility index (Phi) is 5.21. The van der Waals surface area contributed by atoms with Gasteiger partial charge < -0.3 is 10.2 Å². The molecule has 1 amide bonds. The van der Waals surface area contributed by atoms with E-state index in [1.165, 1.54) is 30.5 Å². The number of oxime groups is 1. The van der Waals surface area contributed by atoms with Gasteiger partial charge in [0, 0.05) is 5.69 Å². The van der Waals surface area contributed by atoms with E-state index in [9.17, 15) is 9.18 Å². The van der Waals surface area contributed by atoms with Gasteiger partial charge in [0.05, 0.1) is 17.8 Å². The van der Waals surface area contributed by atoms with Gasteiger partial charge in [-0.1, -0.05) is 23.4 Å². The Balaban J connectivity index is 1.80. The summed E-state index contributed by atoms with van der Waals surface area (Å²) < 4.78 is 12.7. The quantitative estimate of drug-likeness (QED) is 0.681. The standard InChI is InChI=1S/C16H12FN3O2/c17-14-6-4-12(5-7-14)10-19-22-11-16(21)20-15-3-1-2-13(8-15)9-18/h1-8,10H,11H2,(H,20,21)/b19-10+. The maximum absolute atomic E-state index is 12.7. The van der Waals surface area contributed by atoms with Crippen LogP contribution in [0.15, 0.2) is 53.7 Å². The largest absolute Gasteiger partial charge is 0.386 e. The van der Waals surface area contributed by atoms with Crippen molar-refractivity contribution < 1.29 is 14.0 Å². The van der Waals surface area contributed by atoms with Crippen LogP contribution in [-0.4, -0.2) is 18.7 Å². The molecule has 1 N–H and O–H groups in total. The number of nitrogens with zero attached hydrogens (tertiary/aromatic N) is 2. The van der Waals surface area contributed by atoms with Crippen LogP contribution in [0.4, 0.5) is 10.1 Å². The highest BCUT2D eigenvalue weighted by Crippen LogP contribution is 2.09. The molecule has 0 unspecified atom stereocenters. The van der Waals surface area contributed by atoms with Crippen molar-refractivity contribution in [1.82, 2.24) is 0 Å². The molecule has 0 aliphatic heterocycles. The highest BCUT2D eigenvalue weighted by atomic mass is 19.1. The van der Waals surface area contributed by atoms with Gasteiger partial charge in [0.25, 0.3) is 5.91 Å². The van der Waals surface area contributed by atoms with E-state index >= 15 is 0 Å². The molecule has 110 valence electrons. The topological polar surface area (TPSA) is 74.5 Å². The summed E-state index contributed by atoms with van der Waals surface area (Å²) in [6.07, 6.45) is 1.38. The molecule has 0 saturated carbocycles. The number of amides is 1. The SMILES string of the molecule is N#Cc1cccc(NC(=O)CO/N=C/c2ccc(F)cc2)c1. The minimum Gasteiger partial charge on any atom is -0.386 e. The van der Waals surface area contributed by atoms with E-state index in [-0.39, 0.29) is 12.4 Å². The Morgan fingerprint density at radius 3 is 2.82 bits per heavy atom. The van der Waals surface area contributed by atoms with Crippen molar-refractivity contribution in [3.63, 3.8) is 0 Å². The van der Waals surface area contributed by atoms with Crippen molar-refractivity contribution in [2.75, 3.05) is 11.9 Å². The number of hydrogen-bond donors (Lipinski definition) is 1. The number of benzene rings is 2. The maximum atomic E-state index is 12.7. The fraction of sp³-hybridized carbons (Fsp3) is 0.0625. The molecule has 2 rings (SSSR count). The Labute approximate surface area is 126 Å². The molecule has 0 radical (unpaired) electrons. The monoisotopic (exact) mass is 297 g/mol. The molecular weight excluding hydrogens is 285 g/mol. The van der Waals surface area contributed by atoms with Crippen LogP contribution >= 0.6 is 0 Å². The molecular formula is C16H12FN3O2. The number of hydrogen-bond acceptors (Lipinski definition) is 4. The van der Waals surface area contributed by atoms with Crippen LogP contribution in [0.1, 0.15) is 11.1 Å². The average molecular weight is 297 g/mol. The van der Waals surface area contributed by atoms with Crippen LogP contribution in [-0.2, 0) is 9.63 Å². The lowest BCUT2D eigenvalue weighted by atomic mass is 10.2. The number of nitriles is 1. The second-order valence-corrected chi connectivity index (χ2v) is 4.30. The molecule has 0 bridgehead atoms. The van der Waals surface area contributed by atoms with E-state index in [1.807, 2.05) is 6.07 Å². The summed E-state index contributed by atoms with van der Waals surface area (Å²) >= 11 is 0. The molecule has 6 heteroatoms. The van der Waals surface area contributed by atoms with E-state index in [0.29, 0.717) is 16.8 Å². The zero-order chi connectivity index (χ0) is 15.8. The first-order valence-electron chi connectivity index (χ1n) is 6.38. The van der Waals surface area contributed by atoms with Crippen LogP contribution in [0.3, 0.4) is 0 Å². The third-order valence-corrected chi connectivity index (χ3v) is 2.62. The molecule has 0 aliphatic rings. The fourth-order valence-electron chi connectivity index (χ4n) is 1.61. The normalized spacial score (nSPS) is 10.2. The first-order chi connectivity index (χ1) is 10.7. The highest BCUT2D eigenvalue weighted by Gasteiger charge is 2.03. The van der Waals surface area contributed by atoms with Crippen LogP contribution in [0.2, 0.25) is 0 Å². The van der Waals surface area contributed by atoms with Gasteiger partial charge in [-0.3, -0.25) is 4.79 Å². The number of rotatable bonds is 5. The van der Waals surface area contributed by atoms with Crippen molar-refractivity contribution in [2.24, 2.45) is 5.16 Å². The number of nitrogens with one attached hydrogen (secondary N) is 1. The van der Waals surface area contributed by atoms with Gasteiger partial charge in [0.15, 0.2) is 6.61 Å². The smallest absolute Gasteiger partial charge is 0.265 e. The van der Waals surface area contributed by atoms with Gasteiger partial charge in [-0.2, -0.15) is 5.26 Å². The first-order valence-corrected chi connectivity index (χ1v) is 6.38. The van der Waals surface area contributed by atoms with Crippen LogP contribution < -0.4 is 5.32 Å². The zero-order valence-electron chi connectivity index (χ0n) is 11.5. The number of carbonyl (C=O) groups is 1. The molecule has 0 heterocycles. The van der Waals surface area contributed by atoms with Gasteiger partial charge in [-0.25, -0.2) is 4.39 Å². The number of halogens is 1. The second-order valence-electron chi connectivity index (χ2n) is 4.30. The predicted molar refractivity (Wildman–Crippen MR) is 79.7 cm³/mol. The highest BCUT2D eigenvalue weighted by molar-refractivity contribution is 5.91. The molecule has 0 aromatic heterocycles. The molecule has 0 spiro atoms. The molecule has 0 saturated heterocycles. The molecule has 2 aromatic carbocycles. The van der Waals surface area contributed by atoms with E-state index in [4.69, 9.17) is 10.1 Å². The van der Waals surface area contributed by atoms with Crippen LogP contribution in [0.25, 0.3) is 0 Å². The summed E-state index contributed by atoms with van der Waals surface area (Å²) in [6.45, 7) is -0.269. The Morgan fingerprint density at radius 2 is 2.09 bits per heavy atom. The van der Waals surface area contributed by atoms with Crippen molar-refractivity contribution in [3.05, 3.63) is 65.5 Å². The predicted octanol–water partition coefficient (Wildman–Crippen LogP) is 2.69. The lowest BCUT2D eigenvalue weighted by Crippen LogP contribution is -2.17. The van der Waals surface area contributed by atoms with Gasteiger partial charge >= 0.3 is 0 Å². The maximum Gasteiger partial charge on any atom is 0.265 e. The molecule has 2 aromatic rings. The molecule has 22 heavy (non-hydrogen) atoms. The lowest BCUT2D eigenvalue weighted by molar-refractivity contribution is -0.120. The van der Waals surface area contributed by atoms with Gasteiger partial charge in [-0.05, 0) is 35.9 Å². The van der Waals surface area contributed by atoms with E-state index < -0.39 is 5.91 Å². The van der Waals surface area contributed by atoms with Crippen molar-refractivity contribution in [2.45, 2.75) is 0 Å². The van der Waals surface area contributed by atoms with Crippen molar-refractivity contribution >= 4 is 17.8 Å². The Hall–Kier alpha value is -3.20. The Morgan fingerprint density at radius 1 is 1.32 bits per heavy atom. The third-order valence-electron chi connectivity index (χ3n) is 2.62. The fourth-order valence-corrected chi connectivity index (χ4v) is 1.61. The van der Waals surface area contributed by atoms with E-state index in [0.717, 1.165) is 0 Å². The van der Waals surface area contributed by atoms with Crippen LogP contribution in [0.5, 0.6) is 0 Å². The third kappa shape index (κ3) is 4.72. The van der Waals surface area contributed by atoms with E-state index in [1.54, 1.807) is 24.3 Å². The summed E-state index contributed by atoms with van der Waals surface area (Å²) in [5, 5.41) is 15.0. The number of carbonyl (C=O) groups excluding carboxylic acids is 1. The van der Waals surface area contributed by atoms with Gasteiger partial charge in [-0.15, -0.1) is 0 Å². The van der Waals surface area contributed by atoms with Gasteiger partial charge in [0.2, 0.25) is 0 Å². The lowest BCUT2D eigenvalue weighted by Gasteiger charge is -2.04. The summed E-state index contributed by atoms with van der Waals surface area (Å²) in [5.74, 6) is -0.733. The number of anilines is 1. The molecule has 5 nitrogen and oxygen atoms in total. The summed E-state index contributed by atoms with van der Waals surface area (Å²) in [6, 6.07) is 14.2.